The number of hydrogen-bond donors (Lipinski definition) is 1. The number of nitrogens with two attached hydrogens (primary N) is 1. The summed E-state index contributed by atoms with van der Waals surface area (Å²) in [6.45, 7) is 5.85. The number of carbonyl (C=O) groups is 1. The SMILES string of the molecule is COc1ccc(C(N)CCC(C)=O)cc1C(C)C. The summed E-state index contributed by atoms with van der Waals surface area (Å²) in [6, 6.07) is 5.94. The van der Waals surface area contributed by atoms with E-state index in [4.69, 9.17) is 10.5 Å². The molecular weight excluding hydrogens is 226 g/mol. The molecule has 0 radical (unpaired) electrons. The van der Waals surface area contributed by atoms with E-state index in [9.17, 15) is 4.79 Å². The van der Waals surface area contributed by atoms with Gasteiger partial charge in [0.2, 0.25) is 0 Å². The average Bonchev–Trinajstić information content (AvgIpc) is 2.34. The van der Waals surface area contributed by atoms with Gasteiger partial charge in [-0.2, -0.15) is 0 Å². The second kappa shape index (κ2) is 6.55. The Morgan fingerprint density at radius 1 is 1.39 bits per heavy atom. The predicted octanol–water partition coefficient (Wildman–Crippen LogP) is 3.19. The minimum atomic E-state index is -0.0858. The lowest BCUT2D eigenvalue weighted by Crippen LogP contribution is -2.12. The molecule has 100 valence electrons. The van der Waals surface area contributed by atoms with Gasteiger partial charge in [-0.3, -0.25) is 0 Å². The summed E-state index contributed by atoms with van der Waals surface area (Å²) in [5.74, 6) is 1.47. The van der Waals surface area contributed by atoms with Crippen molar-refractivity contribution in [2.75, 3.05) is 7.11 Å². The first kappa shape index (κ1) is 14.7. The van der Waals surface area contributed by atoms with Crippen molar-refractivity contribution >= 4 is 5.78 Å². The monoisotopic (exact) mass is 249 g/mol. The number of ether oxygens (including phenoxy) is 1. The van der Waals surface area contributed by atoms with E-state index in [0.29, 0.717) is 18.8 Å². The second-order valence-electron chi connectivity index (χ2n) is 5.00. The molecule has 18 heavy (non-hydrogen) atoms. The van der Waals surface area contributed by atoms with Crippen LogP contribution in [0.15, 0.2) is 18.2 Å². The molecule has 1 rings (SSSR count). The molecule has 3 nitrogen and oxygen atoms in total. The minimum Gasteiger partial charge on any atom is -0.496 e. The van der Waals surface area contributed by atoms with Crippen LogP contribution in [0.1, 0.15) is 56.7 Å². The molecule has 0 heterocycles. The molecule has 0 saturated carbocycles. The van der Waals surface area contributed by atoms with Gasteiger partial charge >= 0.3 is 0 Å². The van der Waals surface area contributed by atoms with Crippen LogP contribution in [0, 0.1) is 0 Å². The van der Waals surface area contributed by atoms with Crippen LogP contribution in [0.3, 0.4) is 0 Å². The number of Topliss-reactive ketones (excluding diaryl/α,β-unsaturated/α-hetero) is 1. The Balaban J connectivity index is 2.90. The summed E-state index contributed by atoms with van der Waals surface area (Å²) in [5, 5.41) is 0. The third-order valence-electron chi connectivity index (χ3n) is 3.11. The summed E-state index contributed by atoms with van der Waals surface area (Å²) in [6.07, 6.45) is 1.23. The van der Waals surface area contributed by atoms with E-state index in [-0.39, 0.29) is 11.8 Å². The molecule has 0 bridgehead atoms. The van der Waals surface area contributed by atoms with Crippen molar-refractivity contribution in [2.45, 2.75) is 45.6 Å². The van der Waals surface area contributed by atoms with Crippen molar-refractivity contribution in [1.29, 1.82) is 0 Å². The van der Waals surface area contributed by atoms with Crippen LogP contribution in [0.4, 0.5) is 0 Å². The Morgan fingerprint density at radius 3 is 2.56 bits per heavy atom. The summed E-state index contributed by atoms with van der Waals surface area (Å²) >= 11 is 0. The molecular formula is C15H23NO2. The number of methoxy groups -OCH3 is 1. The van der Waals surface area contributed by atoms with E-state index in [1.165, 1.54) is 0 Å². The van der Waals surface area contributed by atoms with Crippen LogP contribution in [0.5, 0.6) is 5.75 Å². The first-order valence-corrected chi connectivity index (χ1v) is 6.38. The van der Waals surface area contributed by atoms with Gasteiger partial charge in [0.25, 0.3) is 0 Å². The maximum atomic E-state index is 11.0. The van der Waals surface area contributed by atoms with Crippen LogP contribution in [0.2, 0.25) is 0 Å². The number of rotatable bonds is 6. The minimum absolute atomic E-state index is 0.0858. The van der Waals surface area contributed by atoms with Gasteiger partial charge in [0.05, 0.1) is 7.11 Å². The fourth-order valence-electron chi connectivity index (χ4n) is 1.96. The topological polar surface area (TPSA) is 52.3 Å². The fraction of sp³-hybridized carbons (Fsp3) is 0.533. The quantitative estimate of drug-likeness (QED) is 0.842. The number of hydrogen-bond acceptors (Lipinski definition) is 3. The Kier molecular flexibility index (Phi) is 5.35. The lowest BCUT2D eigenvalue weighted by atomic mass is 9.95. The van der Waals surface area contributed by atoms with Crippen LogP contribution in [0.25, 0.3) is 0 Å². The largest absolute Gasteiger partial charge is 0.496 e. The Hall–Kier alpha value is -1.35. The van der Waals surface area contributed by atoms with Gasteiger partial charge in [-0.25, -0.2) is 0 Å². The third kappa shape index (κ3) is 3.84. The van der Waals surface area contributed by atoms with Crippen LogP contribution in [-0.4, -0.2) is 12.9 Å². The Labute approximate surface area is 109 Å². The first-order valence-electron chi connectivity index (χ1n) is 6.38. The molecule has 3 heteroatoms. The smallest absolute Gasteiger partial charge is 0.129 e. The third-order valence-corrected chi connectivity index (χ3v) is 3.11. The molecule has 0 saturated heterocycles. The molecule has 0 spiro atoms. The normalized spacial score (nSPS) is 12.6. The number of carbonyl (C=O) groups excluding carboxylic acids is 1. The highest BCUT2D eigenvalue weighted by molar-refractivity contribution is 5.75. The maximum absolute atomic E-state index is 11.0. The van der Waals surface area contributed by atoms with E-state index in [0.717, 1.165) is 16.9 Å². The molecule has 1 aromatic carbocycles. The summed E-state index contributed by atoms with van der Waals surface area (Å²) in [5.41, 5.74) is 8.34. The standard InChI is InChI=1S/C15H23NO2/c1-10(2)13-9-12(6-8-15(13)18-4)14(16)7-5-11(3)17/h6,8-10,14H,5,7,16H2,1-4H3. The van der Waals surface area contributed by atoms with Crippen LogP contribution in [-0.2, 0) is 4.79 Å². The molecule has 0 amide bonds. The summed E-state index contributed by atoms with van der Waals surface area (Å²) < 4.78 is 5.34. The highest BCUT2D eigenvalue weighted by atomic mass is 16.5. The van der Waals surface area contributed by atoms with E-state index >= 15 is 0 Å². The van der Waals surface area contributed by atoms with E-state index in [1.54, 1.807) is 14.0 Å². The molecule has 0 aromatic heterocycles. The maximum Gasteiger partial charge on any atom is 0.129 e. The van der Waals surface area contributed by atoms with Gasteiger partial charge in [0, 0.05) is 12.5 Å². The number of benzene rings is 1. The molecule has 2 N–H and O–H groups in total. The van der Waals surface area contributed by atoms with Crippen molar-refractivity contribution in [3.8, 4) is 5.75 Å². The van der Waals surface area contributed by atoms with Gasteiger partial charge in [-0.15, -0.1) is 0 Å². The van der Waals surface area contributed by atoms with Gasteiger partial charge < -0.3 is 15.3 Å². The Bertz CT molecular complexity index is 413. The fourth-order valence-corrected chi connectivity index (χ4v) is 1.96. The molecule has 0 aliphatic heterocycles. The van der Waals surface area contributed by atoms with E-state index < -0.39 is 0 Å². The molecule has 1 atom stereocenters. The zero-order valence-electron chi connectivity index (χ0n) is 11.7. The van der Waals surface area contributed by atoms with Gasteiger partial charge in [-0.1, -0.05) is 26.0 Å². The lowest BCUT2D eigenvalue weighted by molar-refractivity contribution is -0.117. The molecule has 0 aliphatic rings. The molecule has 1 unspecified atom stereocenters. The van der Waals surface area contributed by atoms with Crippen molar-refractivity contribution in [3.63, 3.8) is 0 Å². The zero-order chi connectivity index (χ0) is 13.7. The molecule has 1 aromatic rings. The Morgan fingerprint density at radius 2 is 2.06 bits per heavy atom. The predicted molar refractivity (Wildman–Crippen MR) is 73.9 cm³/mol. The highest BCUT2D eigenvalue weighted by Gasteiger charge is 2.12. The number of ketones is 1. The van der Waals surface area contributed by atoms with Crippen molar-refractivity contribution in [3.05, 3.63) is 29.3 Å². The van der Waals surface area contributed by atoms with Gasteiger partial charge in [0.1, 0.15) is 11.5 Å². The highest BCUT2D eigenvalue weighted by Crippen LogP contribution is 2.29. The summed E-state index contributed by atoms with van der Waals surface area (Å²) in [7, 11) is 1.68. The lowest BCUT2D eigenvalue weighted by Gasteiger charge is -2.17. The van der Waals surface area contributed by atoms with Crippen molar-refractivity contribution in [1.82, 2.24) is 0 Å². The van der Waals surface area contributed by atoms with Crippen molar-refractivity contribution < 1.29 is 9.53 Å². The van der Waals surface area contributed by atoms with Crippen LogP contribution < -0.4 is 10.5 Å². The van der Waals surface area contributed by atoms with E-state index in [2.05, 4.69) is 19.9 Å². The van der Waals surface area contributed by atoms with E-state index in [1.807, 2.05) is 12.1 Å². The van der Waals surface area contributed by atoms with Gasteiger partial charge in [-0.05, 0) is 36.5 Å². The first-order chi connectivity index (χ1) is 8.45. The van der Waals surface area contributed by atoms with Crippen LogP contribution >= 0.6 is 0 Å². The zero-order valence-corrected chi connectivity index (χ0v) is 11.7. The molecule has 0 fully saturated rings. The second-order valence-corrected chi connectivity index (χ2v) is 5.00. The summed E-state index contributed by atoms with van der Waals surface area (Å²) in [4.78, 5) is 11.0. The van der Waals surface area contributed by atoms with Crippen molar-refractivity contribution in [2.24, 2.45) is 5.73 Å². The molecule has 0 aliphatic carbocycles. The average molecular weight is 249 g/mol. The van der Waals surface area contributed by atoms with Gasteiger partial charge in [0.15, 0.2) is 0 Å².